The van der Waals surface area contributed by atoms with Crippen LogP contribution in [-0.2, 0) is 17.8 Å². The van der Waals surface area contributed by atoms with E-state index >= 15 is 0 Å². The number of imidazole rings is 1. The Kier molecular flexibility index (Phi) is 5.52. The van der Waals surface area contributed by atoms with E-state index in [-0.39, 0.29) is 6.42 Å². The molecule has 0 bridgehead atoms. The smallest absolute Gasteiger partial charge is 0.303 e. The molecule has 0 aromatic carbocycles. The van der Waals surface area contributed by atoms with E-state index in [1.54, 1.807) is 0 Å². The molecule has 0 amide bonds. The molecule has 1 aromatic heterocycles. The molecule has 0 aliphatic carbocycles. The first kappa shape index (κ1) is 13.5. The SMILES string of the molecule is CCCCCCn1cc(CCC(=O)O)nc1N. The zero-order chi connectivity index (χ0) is 12.7. The van der Waals surface area contributed by atoms with Crippen LogP contribution in [-0.4, -0.2) is 20.6 Å². The van der Waals surface area contributed by atoms with Crippen LogP contribution < -0.4 is 5.73 Å². The summed E-state index contributed by atoms with van der Waals surface area (Å²) in [5.74, 6) is -0.317. The fourth-order valence-corrected chi connectivity index (χ4v) is 1.73. The summed E-state index contributed by atoms with van der Waals surface area (Å²) in [5.41, 5.74) is 6.53. The molecule has 3 N–H and O–H groups in total. The number of rotatable bonds is 8. The van der Waals surface area contributed by atoms with Crippen LogP contribution in [0.2, 0.25) is 0 Å². The minimum absolute atomic E-state index is 0.103. The maximum Gasteiger partial charge on any atom is 0.303 e. The third-order valence-electron chi connectivity index (χ3n) is 2.70. The summed E-state index contributed by atoms with van der Waals surface area (Å²) in [6.07, 6.45) is 7.15. The molecule has 1 heterocycles. The highest BCUT2D eigenvalue weighted by atomic mass is 16.4. The largest absolute Gasteiger partial charge is 0.481 e. The molecule has 0 saturated heterocycles. The van der Waals surface area contributed by atoms with Gasteiger partial charge in [-0.15, -0.1) is 0 Å². The summed E-state index contributed by atoms with van der Waals surface area (Å²) in [7, 11) is 0. The number of carboxylic acid groups (broad SMARTS) is 1. The monoisotopic (exact) mass is 239 g/mol. The molecule has 0 atom stereocenters. The van der Waals surface area contributed by atoms with Gasteiger partial charge >= 0.3 is 5.97 Å². The van der Waals surface area contributed by atoms with Crippen molar-refractivity contribution in [2.45, 2.75) is 52.0 Å². The van der Waals surface area contributed by atoms with Crippen LogP contribution in [0.4, 0.5) is 5.95 Å². The number of carbonyl (C=O) groups is 1. The number of anilines is 1. The van der Waals surface area contributed by atoms with Gasteiger partial charge in [0.1, 0.15) is 0 Å². The quantitative estimate of drug-likeness (QED) is 0.680. The molecule has 0 fully saturated rings. The van der Waals surface area contributed by atoms with Gasteiger partial charge in [0.05, 0.1) is 12.1 Å². The van der Waals surface area contributed by atoms with Crippen molar-refractivity contribution in [3.63, 3.8) is 0 Å². The first-order valence-electron chi connectivity index (χ1n) is 6.16. The van der Waals surface area contributed by atoms with Crippen molar-refractivity contribution in [2.75, 3.05) is 5.73 Å². The van der Waals surface area contributed by atoms with Crippen LogP contribution in [0.5, 0.6) is 0 Å². The second-order valence-electron chi connectivity index (χ2n) is 4.24. The van der Waals surface area contributed by atoms with E-state index < -0.39 is 5.97 Å². The van der Waals surface area contributed by atoms with Crippen molar-refractivity contribution in [3.8, 4) is 0 Å². The van der Waals surface area contributed by atoms with E-state index in [0.717, 1.165) is 18.7 Å². The minimum Gasteiger partial charge on any atom is -0.481 e. The number of aliphatic carboxylic acids is 1. The van der Waals surface area contributed by atoms with E-state index in [1.165, 1.54) is 19.3 Å². The molecule has 1 rings (SSSR count). The molecule has 0 saturated carbocycles. The highest BCUT2D eigenvalue weighted by molar-refractivity contribution is 5.66. The standard InChI is InChI=1S/C12H21N3O2/c1-2-3-4-5-8-15-9-10(14-12(15)13)6-7-11(16)17/h9H,2-8H2,1H3,(H2,13,14)(H,16,17). The highest BCUT2D eigenvalue weighted by Gasteiger charge is 2.06. The van der Waals surface area contributed by atoms with E-state index in [4.69, 9.17) is 10.8 Å². The fourth-order valence-electron chi connectivity index (χ4n) is 1.73. The average Bonchev–Trinajstić information content (AvgIpc) is 2.63. The average molecular weight is 239 g/mol. The lowest BCUT2D eigenvalue weighted by Gasteiger charge is -2.03. The van der Waals surface area contributed by atoms with Crippen molar-refractivity contribution in [3.05, 3.63) is 11.9 Å². The molecular formula is C12H21N3O2. The maximum atomic E-state index is 10.4. The third kappa shape index (κ3) is 4.89. The van der Waals surface area contributed by atoms with E-state index in [0.29, 0.717) is 12.4 Å². The van der Waals surface area contributed by atoms with Gasteiger partial charge in [-0.2, -0.15) is 0 Å². The summed E-state index contributed by atoms with van der Waals surface area (Å²) < 4.78 is 1.91. The number of carboxylic acids is 1. The van der Waals surface area contributed by atoms with Crippen molar-refractivity contribution in [2.24, 2.45) is 0 Å². The summed E-state index contributed by atoms with van der Waals surface area (Å²) in [4.78, 5) is 14.6. The van der Waals surface area contributed by atoms with Gasteiger partial charge in [0.25, 0.3) is 0 Å². The molecular weight excluding hydrogens is 218 g/mol. The molecule has 96 valence electrons. The van der Waals surface area contributed by atoms with Crippen LogP contribution in [0.1, 0.15) is 44.7 Å². The van der Waals surface area contributed by atoms with Crippen molar-refractivity contribution < 1.29 is 9.90 Å². The Bertz CT molecular complexity index is 361. The Morgan fingerprint density at radius 2 is 2.24 bits per heavy atom. The zero-order valence-corrected chi connectivity index (χ0v) is 10.4. The number of aryl methyl sites for hydroxylation is 2. The van der Waals surface area contributed by atoms with Crippen LogP contribution in [0.25, 0.3) is 0 Å². The number of aromatic nitrogens is 2. The molecule has 1 aromatic rings. The van der Waals surface area contributed by atoms with Gasteiger partial charge in [-0.25, -0.2) is 4.98 Å². The van der Waals surface area contributed by atoms with Gasteiger partial charge in [-0.05, 0) is 6.42 Å². The van der Waals surface area contributed by atoms with Crippen LogP contribution in [0, 0.1) is 0 Å². The van der Waals surface area contributed by atoms with Gasteiger partial charge in [0, 0.05) is 19.2 Å². The molecule has 5 heteroatoms. The maximum absolute atomic E-state index is 10.4. The topological polar surface area (TPSA) is 81.1 Å². The van der Waals surface area contributed by atoms with Crippen molar-refractivity contribution in [1.29, 1.82) is 0 Å². The number of nitrogens with two attached hydrogens (primary N) is 1. The van der Waals surface area contributed by atoms with Gasteiger partial charge in [-0.3, -0.25) is 4.79 Å². The van der Waals surface area contributed by atoms with Crippen LogP contribution in [0.15, 0.2) is 6.20 Å². The third-order valence-corrected chi connectivity index (χ3v) is 2.70. The number of nitrogen functional groups attached to an aromatic ring is 1. The van der Waals surface area contributed by atoms with Gasteiger partial charge in [-0.1, -0.05) is 26.2 Å². The lowest BCUT2D eigenvalue weighted by Crippen LogP contribution is -2.02. The molecule has 0 aliphatic heterocycles. The first-order valence-corrected chi connectivity index (χ1v) is 6.16. The van der Waals surface area contributed by atoms with E-state index in [2.05, 4.69) is 11.9 Å². The van der Waals surface area contributed by atoms with Gasteiger partial charge in [0.15, 0.2) is 5.95 Å². The normalized spacial score (nSPS) is 10.6. The van der Waals surface area contributed by atoms with Crippen molar-refractivity contribution in [1.82, 2.24) is 9.55 Å². The summed E-state index contributed by atoms with van der Waals surface area (Å²) in [6.45, 7) is 3.04. The summed E-state index contributed by atoms with van der Waals surface area (Å²) in [5, 5.41) is 8.59. The van der Waals surface area contributed by atoms with Gasteiger partial charge in [0.2, 0.25) is 0 Å². The molecule has 17 heavy (non-hydrogen) atoms. The Morgan fingerprint density at radius 3 is 2.88 bits per heavy atom. The molecule has 0 unspecified atom stereocenters. The lowest BCUT2D eigenvalue weighted by atomic mass is 10.2. The fraction of sp³-hybridized carbons (Fsp3) is 0.667. The molecule has 0 spiro atoms. The predicted octanol–water partition coefficient (Wildman–Crippen LogP) is 2.06. The molecule has 5 nitrogen and oxygen atoms in total. The molecule has 0 aliphatic rings. The number of hydrogen-bond acceptors (Lipinski definition) is 3. The second-order valence-corrected chi connectivity index (χ2v) is 4.24. The van der Waals surface area contributed by atoms with Gasteiger partial charge < -0.3 is 15.4 Å². The minimum atomic E-state index is -0.805. The Morgan fingerprint density at radius 1 is 1.47 bits per heavy atom. The van der Waals surface area contributed by atoms with Crippen LogP contribution in [0.3, 0.4) is 0 Å². The van der Waals surface area contributed by atoms with E-state index in [9.17, 15) is 4.79 Å². The van der Waals surface area contributed by atoms with Crippen molar-refractivity contribution >= 4 is 11.9 Å². The number of hydrogen-bond donors (Lipinski definition) is 2. The Hall–Kier alpha value is -1.52. The number of unbranched alkanes of at least 4 members (excludes halogenated alkanes) is 3. The lowest BCUT2D eigenvalue weighted by molar-refractivity contribution is -0.136. The summed E-state index contributed by atoms with van der Waals surface area (Å²) in [6, 6.07) is 0. The second kappa shape index (κ2) is 6.93. The zero-order valence-electron chi connectivity index (χ0n) is 10.4. The summed E-state index contributed by atoms with van der Waals surface area (Å²) >= 11 is 0. The molecule has 0 radical (unpaired) electrons. The predicted molar refractivity (Wildman–Crippen MR) is 66.7 cm³/mol. The first-order chi connectivity index (χ1) is 8.13. The van der Waals surface area contributed by atoms with Crippen LogP contribution >= 0.6 is 0 Å². The highest BCUT2D eigenvalue weighted by Crippen LogP contribution is 2.10. The van der Waals surface area contributed by atoms with E-state index in [1.807, 2.05) is 10.8 Å². The Labute approximate surface area is 102 Å². The Balaban J connectivity index is 2.41. The number of nitrogens with zero attached hydrogens (tertiary/aromatic N) is 2.